The molecule has 1 heterocycles. The molecule has 5 N–H and O–H groups in total. The van der Waals surface area contributed by atoms with Crippen LogP contribution in [0.5, 0.6) is 0 Å². The maximum atomic E-state index is 11.6. The fourth-order valence-electron chi connectivity index (χ4n) is 4.20. The lowest BCUT2D eigenvalue weighted by molar-refractivity contribution is -0.145. The van der Waals surface area contributed by atoms with Crippen LogP contribution in [-0.4, -0.2) is 41.6 Å². The maximum absolute atomic E-state index is 11.6. The van der Waals surface area contributed by atoms with Crippen LogP contribution < -0.4 is 11.1 Å². The lowest BCUT2D eigenvalue weighted by Gasteiger charge is -2.30. The van der Waals surface area contributed by atoms with E-state index in [0.717, 1.165) is 25.9 Å². The van der Waals surface area contributed by atoms with Gasteiger partial charge in [-0.2, -0.15) is 0 Å². The Labute approximate surface area is 115 Å². The van der Waals surface area contributed by atoms with Crippen LogP contribution in [0.15, 0.2) is 0 Å². The number of nitrogens with one attached hydrogen (secondary N) is 1. The zero-order valence-electron chi connectivity index (χ0n) is 11.9. The molecule has 0 aromatic heterocycles. The second-order valence-electron chi connectivity index (χ2n) is 6.80. The Morgan fingerprint density at radius 3 is 2.84 bits per heavy atom. The second kappa shape index (κ2) is 5.07. The third-order valence-corrected chi connectivity index (χ3v) is 5.17. The summed E-state index contributed by atoms with van der Waals surface area (Å²) in [6.45, 7) is 5.31. The Balaban J connectivity index is 2.13. The lowest BCUT2D eigenvalue weighted by Crippen LogP contribution is -2.53. The van der Waals surface area contributed by atoms with E-state index in [9.17, 15) is 14.9 Å². The highest BCUT2D eigenvalue weighted by atomic mass is 16.4. The van der Waals surface area contributed by atoms with Gasteiger partial charge < -0.3 is 21.2 Å². The van der Waals surface area contributed by atoms with Crippen molar-refractivity contribution in [1.82, 2.24) is 5.32 Å². The molecule has 0 radical (unpaired) electrons. The molecule has 1 aliphatic carbocycles. The average molecular weight is 268 g/mol. The Morgan fingerprint density at radius 1 is 1.58 bits per heavy atom. The smallest absolute Gasteiger partial charge is 0.323 e. The standard InChI is InChI=1S/C13H25BN2O3/c1-12-7-13(15,11(17)18)9(4-3-5-14(2)19)10(12)6-16-8-12/h9-10,16,19H,3-8,15H2,1-2H3,(H,17,18). The van der Waals surface area contributed by atoms with Crippen LogP contribution in [0.3, 0.4) is 0 Å². The summed E-state index contributed by atoms with van der Waals surface area (Å²) in [5, 5.41) is 22.2. The number of carbonyl (C=O) groups is 1. The van der Waals surface area contributed by atoms with Gasteiger partial charge in [0.2, 0.25) is 0 Å². The quantitative estimate of drug-likeness (QED) is 0.542. The third-order valence-electron chi connectivity index (χ3n) is 5.17. The topological polar surface area (TPSA) is 95.6 Å². The monoisotopic (exact) mass is 268 g/mol. The summed E-state index contributed by atoms with van der Waals surface area (Å²) in [6, 6.07) is 0. The first kappa shape index (κ1) is 14.8. The van der Waals surface area contributed by atoms with Gasteiger partial charge >= 0.3 is 5.97 Å². The summed E-state index contributed by atoms with van der Waals surface area (Å²) in [7, 11) is 0. The number of hydrogen-bond donors (Lipinski definition) is 4. The van der Waals surface area contributed by atoms with E-state index < -0.39 is 11.5 Å². The Kier molecular flexibility index (Phi) is 3.96. The van der Waals surface area contributed by atoms with Gasteiger partial charge in [-0.15, -0.1) is 0 Å². The van der Waals surface area contributed by atoms with Crippen LogP contribution in [0, 0.1) is 17.3 Å². The molecule has 1 saturated heterocycles. The van der Waals surface area contributed by atoms with Crippen LogP contribution in [0.1, 0.15) is 26.2 Å². The molecular formula is C13H25BN2O3. The van der Waals surface area contributed by atoms with Crippen LogP contribution in [-0.2, 0) is 4.79 Å². The molecule has 1 saturated carbocycles. The van der Waals surface area contributed by atoms with Gasteiger partial charge in [0.05, 0.1) is 0 Å². The predicted octanol–water partition coefficient (Wildman–Crippen LogP) is 0.408. The van der Waals surface area contributed by atoms with Crippen molar-refractivity contribution in [3.8, 4) is 0 Å². The van der Waals surface area contributed by atoms with E-state index in [1.165, 1.54) is 0 Å². The highest BCUT2D eigenvalue weighted by Crippen LogP contribution is 2.54. The van der Waals surface area contributed by atoms with E-state index in [1.807, 2.05) is 0 Å². The van der Waals surface area contributed by atoms with Crippen molar-refractivity contribution in [3.63, 3.8) is 0 Å². The summed E-state index contributed by atoms with van der Waals surface area (Å²) in [5.41, 5.74) is 5.15. The van der Waals surface area contributed by atoms with Crippen molar-refractivity contribution in [2.24, 2.45) is 23.0 Å². The fraction of sp³-hybridized carbons (Fsp3) is 0.923. The lowest BCUT2D eigenvalue weighted by atomic mass is 9.65. The molecule has 6 heteroatoms. The Bertz CT molecular complexity index is 366. The van der Waals surface area contributed by atoms with Crippen molar-refractivity contribution >= 4 is 12.9 Å². The number of fused-ring (bicyclic) bond motifs is 1. The minimum Gasteiger partial charge on any atom is -0.480 e. The number of carboxylic acid groups (broad SMARTS) is 1. The molecule has 19 heavy (non-hydrogen) atoms. The largest absolute Gasteiger partial charge is 0.480 e. The summed E-state index contributed by atoms with van der Waals surface area (Å²) in [6.07, 6.45) is 2.88. The number of nitrogens with two attached hydrogens (primary N) is 1. The van der Waals surface area contributed by atoms with E-state index in [1.54, 1.807) is 6.82 Å². The third kappa shape index (κ3) is 2.53. The molecule has 4 atom stereocenters. The van der Waals surface area contributed by atoms with E-state index in [-0.39, 0.29) is 18.2 Å². The van der Waals surface area contributed by atoms with Gasteiger partial charge in [0, 0.05) is 6.54 Å². The summed E-state index contributed by atoms with van der Waals surface area (Å²) in [4.78, 5) is 11.6. The molecule has 1 aliphatic heterocycles. The number of rotatable bonds is 5. The van der Waals surface area contributed by atoms with Crippen LogP contribution in [0.2, 0.25) is 13.1 Å². The van der Waals surface area contributed by atoms with E-state index in [4.69, 9.17) is 5.73 Å². The molecule has 2 fully saturated rings. The molecule has 108 valence electrons. The van der Waals surface area contributed by atoms with Gasteiger partial charge in [-0.1, -0.05) is 20.2 Å². The first-order chi connectivity index (χ1) is 8.79. The van der Waals surface area contributed by atoms with E-state index in [2.05, 4.69) is 12.2 Å². The fourth-order valence-corrected chi connectivity index (χ4v) is 4.20. The molecule has 2 aliphatic rings. The minimum absolute atomic E-state index is 0.00262. The highest BCUT2D eigenvalue weighted by Gasteiger charge is 2.61. The number of carboxylic acids is 1. The average Bonchev–Trinajstić information content (AvgIpc) is 2.73. The highest BCUT2D eigenvalue weighted by molar-refractivity contribution is 6.48. The number of aliphatic carboxylic acids is 1. The SMILES string of the molecule is CB(O)CCCC1C2CNCC2(C)CC1(N)C(=O)O. The van der Waals surface area contributed by atoms with Crippen LogP contribution >= 0.6 is 0 Å². The zero-order valence-corrected chi connectivity index (χ0v) is 11.9. The van der Waals surface area contributed by atoms with Crippen molar-refractivity contribution in [1.29, 1.82) is 0 Å². The first-order valence-corrected chi connectivity index (χ1v) is 7.21. The maximum Gasteiger partial charge on any atom is 0.323 e. The minimum atomic E-state index is -1.10. The second-order valence-corrected chi connectivity index (χ2v) is 6.80. The van der Waals surface area contributed by atoms with Crippen molar-refractivity contribution in [2.75, 3.05) is 13.1 Å². The van der Waals surface area contributed by atoms with Gasteiger partial charge in [-0.3, -0.25) is 4.79 Å². The molecule has 2 rings (SSSR count). The predicted molar refractivity (Wildman–Crippen MR) is 75.0 cm³/mol. The molecule has 4 unspecified atom stereocenters. The summed E-state index contributed by atoms with van der Waals surface area (Å²) in [5.74, 6) is -0.531. The first-order valence-electron chi connectivity index (χ1n) is 7.21. The molecule has 5 nitrogen and oxygen atoms in total. The Morgan fingerprint density at radius 2 is 2.26 bits per heavy atom. The molecule has 0 spiro atoms. The van der Waals surface area contributed by atoms with Gasteiger partial charge in [0.25, 0.3) is 6.92 Å². The number of hydrogen-bond acceptors (Lipinski definition) is 4. The molecule has 0 aromatic carbocycles. The van der Waals surface area contributed by atoms with Crippen molar-refractivity contribution < 1.29 is 14.9 Å². The van der Waals surface area contributed by atoms with Crippen LogP contribution in [0.25, 0.3) is 0 Å². The molecule has 0 bridgehead atoms. The molecule has 0 amide bonds. The molecule has 0 aromatic rings. The van der Waals surface area contributed by atoms with E-state index in [0.29, 0.717) is 18.7 Å². The van der Waals surface area contributed by atoms with E-state index >= 15 is 0 Å². The summed E-state index contributed by atoms with van der Waals surface area (Å²) >= 11 is 0. The summed E-state index contributed by atoms with van der Waals surface area (Å²) < 4.78 is 0. The Hall–Kier alpha value is -0.585. The van der Waals surface area contributed by atoms with Crippen LogP contribution in [0.4, 0.5) is 0 Å². The van der Waals surface area contributed by atoms with Gasteiger partial charge in [0.15, 0.2) is 0 Å². The van der Waals surface area contributed by atoms with Gasteiger partial charge in [-0.25, -0.2) is 0 Å². The zero-order chi connectivity index (χ0) is 14.3. The van der Waals surface area contributed by atoms with Crippen molar-refractivity contribution in [2.45, 2.75) is 44.9 Å². The normalized spacial score (nSPS) is 41.3. The van der Waals surface area contributed by atoms with Gasteiger partial charge in [0.1, 0.15) is 5.54 Å². The molecular weight excluding hydrogens is 243 g/mol. The van der Waals surface area contributed by atoms with Gasteiger partial charge in [-0.05, 0) is 43.0 Å². The van der Waals surface area contributed by atoms with Crippen molar-refractivity contribution in [3.05, 3.63) is 0 Å².